The lowest BCUT2D eigenvalue weighted by Crippen LogP contribution is -2.30. The molecule has 2 heteroatoms. The molecule has 1 fully saturated rings. The Morgan fingerprint density at radius 2 is 1.70 bits per heavy atom. The molecule has 0 aromatic heterocycles. The number of hydrogen-bond acceptors (Lipinski definition) is 2. The molecule has 0 amide bonds. The Hall–Kier alpha value is -1.85. The number of hydrogen-bond donors (Lipinski definition) is 1. The summed E-state index contributed by atoms with van der Waals surface area (Å²) in [5.74, 6) is 0. The first kappa shape index (κ1) is 13.1. The van der Waals surface area contributed by atoms with Crippen molar-refractivity contribution in [3.63, 3.8) is 0 Å². The van der Waals surface area contributed by atoms with E-state index in [4.69, 9.17) is 0 Å². The van der Waals surface area contributed by atoms with Crippen molar-refractivity contribution >= 4 is 10.8 Å². The van der Waals surface area contributed by atoms with Gasteiger partial charge in [-0.1, -0.05) is 55.7 Å². The summed E-state index contributed by atoms with van der Waals surface area (Å²) >= 11 is 0. The molecule has 0 heterocycles. The molecule has 0 spiro atoms. The maximum Gasteiger partial charge on any atom is 0.0976 e. The lowest BCUT2D eigenvalue weighted by molar-refractivity contribution is 0.0361. The molecule has 0 bridgehead atoms. The third-order valence-corrected chi connectivity index (χ3v) is 4.58. The first-order valence-electron chi connectivity index (χ1n) is 7.33. The van der Waals surface area contributed by atoms with Gasteiger partial charge in [-0.05, 0) is 35.2 Å². The van der Waals surface area contributed by atoms with Crippen LogP contribution in [0.1, 0.15) is 43.8 Å². The van der Waals surface area contributed by atoms with E-state index in [-0.39, 0.29) is 0 Å². The zero-order valence-electron chi connectivity index (χ0n) is 11.5. The van der Waals surface area contributed by atoms with Crippen LogP contribution in [0, 0.1) is 16.7 Å². The van der Waals surface area contributed by atoms with Crippen molar-refractivity contribution in [2.24, 2.45) is 5.41 Å². The summed E-state index contributed by atoms with van der Waals surface area (Å²) < 4.78 is 0. The fourth-order valence-corrected chi connectivity index (χ4v) is 3.33. The summed E-state index contributed by atoms with van der Waals surface area (Å²) in [6.07, 6.45) is 4.18. The van der Waals surface area contributed by atoms with E-state index in [1.165, 1.54) is 6.42 Å². The van der Waals surface area contributed by atoms with Crippen LogP contribution >= 0.6 is 0 Å². The third kappa shape index (κ3) is 2.19. The molecule has 0 radical (unpaired) electrons. The minimum atomic E-state index is -0.683. The minimum absolute atomic E-state index is 0.597. The fraction of sp³-hybridized carbons (Fsp3) is 0.389. The van der Waals surface area contributed by atoms with Gasteiger partial charge in [-0.25, -0.2) is 0 Å². The quantitative estimate of drug-likeness (QED) is 0.877. The van der Waals surface area contributed by atoms with Crippen LogP contribution in [-0.2, 0) is 0 Å². The topological polar surface area (TPSA) is 44.0 Å². The molecule has 0 saturated heterocycles. The van der Waals surface area contributed by atoms with Crippen LogP contribution in [0.3, 0.4) is 0 Å². The molecule has 2 nitrogen and oxygen atoms in total. The molecule has 1 aliphatic rings. The summed E-state index contributed by atoms with van der Waals surface area (Å²) in [5, 5.41) is 22.6. The molecule has 2 aromatic carbocycles. The summed E-state index contributed by atoms with van der Waals surface area (Å²) in [7, 11) is 0. The second kappa shape index (κ2) is 5.26. The lowest BCUT2D eigenvalue weighted by atomic mass is 9.69. The van der Waals surface area contributed by atoms with Gasteiger partial charge in [-0.3, -0.25) is 0 Å². The second-order valence-electron chi connectivity index (χ2n) is 5.84. The van der Waals surface area contributed by atoms with Crippen molar-refractivity contribution in [2.45, 2.75) is 38.2 Å². The van der Waals surface area contributed by atoms with E-state index < -0.39 is 11.5 Å². The number of fused-ring (bicyclic) bond motifs is 1. The molecule has 102 valence electrons. The molecule has 0 aliphatic heterocycles. The molecule has 1 unspecified atom stereocenters. The Bertz CT molecular complexity index is 650. The average Bonchev–Trinajstić information content (AvgIpc) is 2.54. The zero-order valence-corrected chi connectivity index (χ0v) is 11.5. The van der Waals surface area contributed by atoms with Crippen LogP contribution in [-0.4, -0.2) is 5.11 Å². The standard InChI is InChI=1S/C18H19NO/c19-13-18(10-4-1-5-11-18)17(20)16-9-8-14-6-2-3-7-15(14)12-16/h2-3,6-9,12,17,20H,1,4-5,10-11H2. The number of nitriles is 1. The Balaban J connectivity index is 1.99. The van der Waals surface area contributed by atoms with Gasteiger partial charge in [0.1, 0.15) is 0 Å². The van der Waals surface area contributed by atoms with Crippen LogP contribution < -0.4 is 0 Å². The highest BCUT2D eigenvalue weighted by Crippen LogP contribution is 2.45. The highest BCUT2D eigenvalue weighted by molar-refractivity contribution is 5.83. The lowest BCUT2D eigenvalue weighted by Gasteiger charge is -2.35. The van der Waals surface area contributed by atoms with Crippen molar-refractivity contribution < 1.29 is 5.11 Å². The smallest absolute Gasteiger partial charge is 0.0976 e. The Kier molecular flexibility index (Phi) is 3.46. The molecule has 2 aromatic rings. The van der Waals surface area contributed by atoms with E-state index in [1.54, 1.807) is 0 Å². The van der Waals surface area contributed by atoms with Crippen LogP contribution in [0.4, 0.5) is 0 Å². The highest BCUT2D eigenvalue weighted by atomic mass is 16.3. The van der Waals surface area contributed by atoms with Crippen molar-refractivity contribution in [3.05, 3.63) is 48.0 Å². The predicted octanol–water partition coefficient (Wildman–Crippen LogP) is 4.35. The predicted molar refractivity (Wildman–Crippen MR) is 80.0 cm³/mol. The maximum absolute atomic E-state index is 10.7. The van der Waals surface area contributed by atoms with Gasteiger partial charge in [0.2, 0.25) is 0 Å². The van der Waals surface area contributed by atoms with Gasteiger partial charge >= 0.3 is 0 Å². The average molecular weight is 265 g/mol. The number of rotatable bonds is 2. The van der Waals surface area contributed by atoms with Crippen molar-refractivity contribution in [1.82, 2.24) is 0 Å². The fourth-order valence-electron chi connectivity index (χ4n) is 3.33. The Labute approximate surface area is 119 Å². The van der Waals surface area contributed by atoms with Gasteiger partial charge in [0.05, 0.1) is 17.6 Å². The van der Waals surface area contributed by atoms with Gasteiger partial charge in [0, 0.05) is 0 Å². The highest BCUT2D eigenvalue weighted by Gasteiger charge is 2.40. The van der Waals surface area contributed by atoms with E-state index in [1.807, 2.05) is 36.4 Å². The number of nitrogens with zero attached hydrogens (tertiary/aromatic N) is 1. The number of benzene rings is 2. The summed E-state index contributed by atoms with van der Waals surface area (Å²) in [4.78, 5) is 0. The van der Waals surface area contributed by atoms with Crippen molar-refractivity contribution in [2.75, 3.05) is 0 Å². The van der Waals surface area contributed by atoms with Crippen LogP contribution in [0.15, 0.2) is 42.5 Å². The van der Waals surface area contributed by atoms with Gasteiger partial charge < -0.3 is 5.11 Å². The normalized spacial score (nSPS) is 19.4. The van der Waals surface area contributed by atoms with Crippen LogP contribution in [0.5, 0.6) is 0 Å². The van der Waals surface area contributed by atoms with E-state index in [2.05, 4.69) is 12.1 Å². The molecule has 1 N–H and O–H groups in total. The Morgan fingerprint density at radius 1 is 1.00 bits per heavy atom. The first-order chi connectivity index (χ1) is 9.75. The minimum Gasteiger partial charge on any atom is -0.387 e. The first-order valence-corrected chi connectivity index (χ1v) is 7.33. The van der Waals surface area contributed by atoms with Gasteiger partial charge in [0.25, 0.3) is 0 Å². The van der Waals surface area contributed by atoms with E-state index in [9.17, 15) is 10.4 Å². The number of aliphatic hydroxyl groups excluding tert-OH is 1. The SMILES string of the molecule is N#CC1(C(O)c2ccc3ccccc3c2)CCCCC1. The van der Waals surface area contributed by atoms with Crippen LogP contribution in [0.25, 0.3) is 10.8 Å². The molecule has 1 atom stereocenters. The molecule has 3 rings (SSSR count). The largest absolute Gasteiger partial charge is 0.387 e. The summed E-state index contributed by atoms with van der Waals surface area (Å²) in [5.41, 5.74) is 0.271. The van der Waals surface area contributed by atoms with Crippen molar-refractivity contribution in [3.8, 4) is 6.07 Å². The third-order valence-electron chi connectivity index (χ3n) is 4.58. The monoisotopic (exact) mass is 265 g/mol. The summed E-state index contributed by atoms with van der Waals surface area (Å²) in [6, 6.07) is 16.5. The van der Waals surface area contributed by atoms with Crippen LogP contribution in [0.2, 0.25) is 0 Å². The second-order valence-corrected chi connectivity index (χ2v) is 5.84. The molecule has 1 saturated carbocycles. The van der Waals surface area contributed by atoms with Crippen molar-refractivity contribution in [1.29, 1.82) is 5.26 Å². The molecular formula is C18H19NO. The van der Waals surface area contributed by atoms with Gasteiger partial charge in [-0.15, -0.1) is 0 Å². The van der Waals surface area contributed by atoms with E-state index in [0.29, 0.717) is 0 Å². The maximum atomic E-state index is 10.7. The van der Waals surface area contributed by atoms with E-state index in [0.717, 1.165) is 42.0 Å². The number of aliphatic hydroxyl groups is 1. The zero-order chi connectivity index (χ0) is 14.0. The summed E-state index contributed by atoms with van der Waals surface area (Å²) in [6.45, 7) is 0. The van der Waals surface area contributed by atoms with E-state index >= 15 is 0 Å². The molecular weight excluding hydrogens is 246 g/mol. The molecule has 1 aliphatic carbocycles. The Morgan fingerprint density at radius 3 is 2.40 bits per heavy atom. The van der Waals surface area contributed by atoms with Gasteiger partial charge in [0.15, 0.2) is 0 Å². The van der Waals surface area contributed by atoms with Gasteiger partial charge in [-0.2, -0.15) is 5.26 Å². The molecule has 20 heavy (non-hydrogen) atoms.